The first-order valence-corrected chi connectivity index (χ1v) is 7.83. The molecule has 1 atom stereocenters. The molecule has 0 radical (unpaired) electrons. The van der Waals surface area contributed by atoms with Crippen LogP contribution in [0.25, 0.3) is 0 Å². The summed E-state index contributed by atoms with van der Waals surface area (Å²) in [6, 6.07) is 3.64. The minimum atomic E-state index is -3.69. The molecule has 96 valence electrons. The van der Waals surface area contributed by atoms with Crippen molar-refractivity contribution in [1.29, 1.82) is 0 Å². The molecule has 1 aromatic rings. The van der Waals surface area contributed by atoms with E-state index in [1.165, 1.54) is 18.3 Å². The topological polar surface area (TPSA) is 72.5 Å². The predicted octanol–water partition coefficient (Wildman–Crippen LogP) is 1.49. The summed E-state index contributed by atoms with van der Waals surface area (Å²) in [5.41, 5.74) is 0. The molecular formula is C9H12BrNO4S2. The quantitative estimate of drug-likeness (QED) is 0.823. The fourth-order valence-corrected chi connectivity index (χ4v) is 3.51. The third-order valence-corrected chi connectivity index (χ3v) is 5.37. The molecular weight excluding hydrogens is 330 g/mol. The van der Waals surface area contributed by atoms with Crippen LogP contribution in [0.1, 0.15) is 11.8 Å². The number of hydrogen-bond acceptors (Lipinski definition) is 5. The number of thiophene rings is 1. The van der Waals surface area contributed by atoms with Crippen LogP contribution in [-0.2, 0) is 26.1 Å². The third-order valence-electron chi connectivity index (χ3n) is 2.08. The highest BCUT2D eigenvalue weighted by Gasteiger charge is 2.28. The number of esters is 1. The highest BCUT2D eigenvalue weighted by Crippen LogP contribution is 2.22. The fourth-order valence-electron chi connectivity index (χ4n) is 1.04. The first kappa shape index (κ1) is 14.6. The third kappa shape index (κ3) is 4.06. The van der Waals surface area contributed by atoms with Gasteiger partial charge in [0.15, 0.2) is 5.25 Å². The standard InChI is InChI=1S/C9H12BrNO4S2/c1-6(9(12)15-2)17(13,14)11-5-7-3-4-8(10)16-7/h3-4,6,11H,5H2,1-2H3. The Morgan fingerprint density at radius 3 is 2.71 bits per heavy atom. The summed E-state index contributed by atoms with van der Waals surface area (Å²) in [7, 11) is -2.54. The van der Waals surface area contributed by atoms with E-state index < -0.39 is 21.2 Å². The van der Waals surface area contributed by atoms with E-state index in [2.05, 4.69) is 25.4 Å². The maximum absolute atomic E-state index is 11.7. The number of ether oxygens (including phenoxy) is 1. The number of carbonyl (C=O) groups excluding carboxylic acids is 1. The lowest BCUT2D eigenvalue weighted by Gasteiger charge is -2.11. The van der Waals surface area contributed by atoms with Crippen molar-refractivity contribution in [3.63, 3.8) is 0 Å². The van der Waals surface area contributed by atoms with Gasteiger partial charge in [0.05, 0.1) is 10.9 Å². The van der Waals surface area contributed by atoms with E-state index in [9.17, 15) is 13.2 Å². The van der Waals surface area contributed by atoms with Gasteiger partial charge in [0.1, 0.15) is 0 Å². The number of sulfonamides is 1. The molecule has 1 rings (SSSR count). The zero-order chi connectivity index (χ0) is 13.1. The lowest BCUT2D eigenvalue weighted by molar-refractivity contribution is -0.139. The van der Waals surface area contributed by atoms with Gasteiger partial charge in [-0.3, -0.25) is 4.79 Å². The average molecular weight is 342 g/mol. The van der Waals surface area contributed by atoms with Crippen LogP contribution in [0.15, 0.2) is 15.9 Å². The van der Waals surface area contributed by atoms with Gasteiger partial charge >= 0.3 is 5.97 Å². The Kier molecular flexibility index (Phi) is 5.11. The summed E-state index contributed by atoms with van der Waals surface area (Å²) in [4.78, 5) is 12.0. The van der Waals surface area contributed by atoms with Gasteiger partial charge in [-0.15, -0.1) is 11.3 Å². The van der Waals surface area contributed by atoms with Gasteiger partial charge in [0, 0.05) is 11.4 Å². The van der Waals surface area contributed by atoms with Crippen molar-refractivity contribution < 1.29 is 17.9 Å². The Morgan fingerprint density at radius 2 is 2.24 bits per heavy atom. The second-order valence-corrected chi connectivity index (χ2v) is 7.87. The minimum absolute atomic E-state index is 0.167. The molecule has 8 heteroatoms. The summed E-state index contributed by atoms with van der Waals surface area (Å²) in [6.45, 7) is 1.46. The maximum Gasteiger partial charge on any atom is 0.325 e. The number of nitrogens with one attached hydrogen (secondary N) is 1. The SMILES string of the molecule is COC(=O)C(C)S(=O)(=O)NCc1ccc(Br)s1. The Morgan fingerprint density at radius 1 is 1.59 bits per heavy atom. The van der Waals surface area contributed by atoms with E-state index in [0.29, 0.717) is 0 Å². The first-order chi connectivity index (χ1) is 7.86. The summed E-state index contributed by atoms with van der Waals surface area (Å²) in [5, 5.41) is -1.21. The van der Waals surface area contributed by atoms with Gasteiger partial charge in [0.25, 0.3) is 0 Å². The zero-order valence-electron chi connectivity index (χ0n) is 9.27. The number of carbonyl (C=O) groups is 1. The van der Waals surface area contributed by atoms with Crippen molar-refractivity contribution in [3.05, 3.63) is 20.8 Å². The van der Waals surface area contributed by atoms with Gasteiger partial charge in [-0.2, -0.15) is 0 Å². The van der Waals surface area contributed by atoms with Gasteiger partial charge in [-0.05, 0) is 35.0 Å². The molecule has 0 saturated carbocycles. The van der Waals surface area contributed by atoms with Crippen LogP contribution in [0.4, 0.5) is 0 Å². The average Bonchev–Trinajstić information content (AvgIpc) is 2.70. The highest BCUT2D eigenvalue weighted by molar-refractivity contribution is 9.11. The predicted molar refractivity (Wildman–Crippen MR) is 69.3 cm³/mol. The zero-order valence-corrected chi connectivity index (χ0v) is 12.5. The van der Waals surface area contributed by atoms with Crippen LogP contribution >= 0.6 is 27.3 Å². The number of methoxy groups -OCH3 is 1. The van der Waals surface area contributed by atoms with E-state index in [4.69, 9.17) is 0 Å². The molecule has 0 amide bonds. The van der Waals surface area contributed by atoms with Crippen molar-refractivity contribution in [2.45, 2.75) is 18.7 Å². The van der Waals surface area contributed by atoms with Crippen molar-refractivity contribution in [2.75, 3.05) is 7.11 Å². The lowest BCUT2D eigenvalue weighted by atomic mass is 10.5. The minimum Gasteiger partial charge on any atom is -0.468 e. The van der Waals surface area contributed by atoms with Crippen LogP contribution in [0.3, 0.4) is 0 Å². The van der Waals surface area contributed by atoms with Gasteiger partial charge in [-0.25, -0.2) is 13.1 Å². The van der Waals surface area contributed by atoms with Gasteiger partial charge in [0.2, 0.25) is 10.0 Å². The molecule has 17 heavy (non-hydrogen) atoms. The van der Waals surface area contributed by atoms with Crippen LogP contribution in [0, 0.1) is 0 Å². The van der Waals surface area contributed by atoms with Crippen molar-refractivity contribution in [2.24, 2.45) is 0 Å². The molecule has 0 aliphatic rings. The summed E-state index contributed by atoms with van der Waals surface area (Å²) >= 11 is 4.71. The van der Waals surface area contributed by atoms with E-state index in [0.717, 1.165) is 15.8 Å². The lowest BCUT2D eigenvalue weighted by Crippen LogP contribution is -2.37. The second kappa shape index (κ2) is 5.94. The van der Waals surface area contributed by atoms with E-state index >= 15 is 0 Å². The van der Waals surface area contributed by atoms with Crippen LogP contribution < -0.4 is 4.72 Å². The molecule has 1 aromatic heterocycles. The smallest absolute Gasteiger partial charge is 0.325 e. The molecule has 5 nitrogen and oxygen atoms in total. The Labute approximate surface area is 112 Å². The van der Waals surface area contributed by atoms with Crippen molar-refractivity contribution in [3.8, 4) is 0 Å². The molecule has 1 unspecified atom stereocenters. The van der Waals surface area contributed by atoms with E-state index in [1.54, 1.807) is 6.07 Å². The van der Waals surface area contributed by atoms with Gasteiger partial charge in [-0.1, -0.05) is 0 Å². The summed E-state index contributed by atoms with van der Waals surface area (Å²) < 4.78 is 31.1. The normalized spacial score (nSPS) is 13.4. The Balaban J connectivity index is 2.64. The number of halogens is 1. The number of rotatable bonds is 5. The first-order valence-electron chi connectivity index (χ1n) is 4.67. The summed E-state index contributed by atoms with van der Waals surface area (Å²) in [5.74, 6) is -0.773. The summed E-state index contributed by atoms with van der Waals surface area (Å²) in [6.07, 6.45) is 0. The molecule has 1 N–H and O–H groups in total. The van der Waals surface area contributed by atoms with Crippen LogP contribution in [0.5, 0.6) is 0 Å². The van der Waals surface area contributed by atoms with Crippen molar-refractivity contribution in [1.82, 2.24) is 4.72 Å². The molecule has 0 fully saturated rings. The Hall–Kier alpha value is -0.440. The molecule has 0 spiro atoms. The molecule has 0 aromatic carbocycles. The van der Waals surface area contributed by atoms with Crippen LogP contribution in [0.2, 0.25) is 0 Å². The molecule has 1 heterocycles. The fraction of sp³-hybridized carbons (Fsp3) is 0.444. The molecule has 0 aliphatic carbocycles. The van der Waals surface area contributed by atoms with Crippen molar-refractivity contribution >= 4 is 43.3 Å². The molecule has 0 aliphatic heterocycles. The highest BCUT2D eigenvalue weighted by atomic mass is 79.9. The Bertz CT molecular complexity index is 497. The maximum atomic E-state index is 11.7. The number of hydrogen-bond donors (Lipinski definition) is 1. The largest absolute Gasteiger partial charge is 0.468 e. The van der Waals surface area contributed by atoms with Crippen LogP contribution in [-0.4, -0.2) is 26.7 Å². The van der Waals surface area contributed by atoms with Gasteiger partial charge < -0.3 is 4.74 Å². The van der Waals surface area contributed by atoms with E-state index in [1.807, 2.05) is 6.07 Å². The monoisotopic (exact) mass is 341 g/mol. The molecule has 0 bridgehead atoms. The van der Waals surface area contributed by atoms with E-state index in [-0.39, 0.29) is 6.54 Å². The second-order valence-electron chi connectivity index (χ2n) is 3.24. The molecule has 0 saturated heterocycles.